The van der Waals surface area contributed by atoms with Crippen LogP contribution >= 0.6 is 0 Å². The molecule has 4 heteroatoms. The maximum atomic E-state index is 9.19. The van der Waals surface area contributed by atoms with Gasteiger partial charge >= 0.3 is 0 Å². The molecule has 0 bridgehead atoms. The molecule has 2 N–H and O–H groups in total. The number of rotatable bonds is 5. The number of imidazole rings is 1. The summed E-state index contributed by atoms with van der Waals surface area (Å²) in [4.78, 5) is 4.62. The fourth-order valence-corrected chi connectivity index (χ4v) is 2.00. The second kappa shape index (κ2) is 5.40. The van der Waals surface area contributed by atoms with Crippen molar-refractivity contribution in [1.82, 2.24) is 9.55 Å². The molecular weight excluding hydrogens is 226 g/mol. The van der Waals surface area contributed by atoms with Crippen molar-refractivity contribution in [1.29, 1.82) is 0 Å². The minimum atomic E-state index is 0.120. The number of fused-ring (bicyclic) bond motifs is 1. The van der Waals surface area contributed by atoms with Gasteiger partial charge in [-0.15, -0.1) is 0 Å². The number of nitrogens with one attached hydrogen (secondary N) is 1. The van der Waals surface area contributed by atoms with E-state index in [-0.39, 0.29) is 6.61 Å². The molecule has 4 nitrogen and oxygen atoms in total. The summed E-state index contributed by atoms with van der Waals surface area (Å²) in [6.07, 6.45) is 1.04. The molecule has 0 radical (unpaired) electrons. The predicted molar refractivity (Wildman–Crippen MR) is 74.9 cm³/mol. The fraction of sp³-hybridized carbons (Fsp3) is 0.500. The van der Waals surface area contributed by atoms with E-state index in [0.717, 1.165) is 23.4 Å². The molecule has 1 aromatic heterocycles. The first-order valence-electron chi connectivity index (χ1n) is 6.50. The van der Waals surface area contributed by atoms with E-state index in [4.69, 9.17) is 0 Å². The average Bonchev–Trinajstić information content (AvgIpc) is 2.67. The van der Waals surface area contributed by atoms with Gasteiger partial charge in [-0.25, -0.2) is 4.98 Å². The minimum absolute atomic E-state index is 0.120. The number of benzene rings is 1. The van der Waals surface area contributed by atoms with Gasteiger partial charge in [0.1, 0.15) is 0 Å². The van der Waals surface area contributed by atoms with Crippen LogP contribution in [0.4, 0.5) is 5.95 Å². The largest absolute Gasteiger partial charge is 0.395 e. The fourth-order valence-electron chi connectivity index (χ4n) is 2.00. The van der Waals surface area contributed by atoms with E-state index < -0.39 is 0 Å². The standard InChI is InChI=1S/C14H21N3O/c1-4-11(3)15-14-16-12-9-10(2)5-6-13(12)17(14)7-8-18/h5-6,9,11,18H,4,7-8H2,1-3H3,(H,15,16). The number of anilines is 1. The summed E-state index contributed by atoms with van der Waals surface area (Å²) in [6, 6.07) is 6.59. The molecule has 0 amide bonds. The summed E-state index contributed by atoms with van der Waals surface area (Å²) in [7, 11) is 0. The van der Waals surface area contributed by atoms with Gasteiger partial charge in [0.15, 0.2) is 0 Å². The highest BCUT2D eigenvalue weighted by Gasteiger charge is 2.11. The molecule has 0 aliphatic heterocycles. The van der Waals surface area contributed by atoms with Gasteiger partial charge in [-0.05, 0) is 38.0 Å². The van der Waals surface area contributed by atoms with Crippen LogP contribution < -0.4 is 5.32 Å². The zero-order chi connectivity index (χ0) is 13.1. The number of nitrogens with zero attached hydrogens (tertiary/aromatic N) is 2. The Kier molecular flexibility index (Phi) is 3.87. The maximum absolute atomic E-state index is 9.19. The SMILES string of the molecule is CCC(C)Nc1nc2cc(C)ccc2n1CCO. The average molecular weight is 247 g/mol. The van der Waals surface area contributed by atoms with E-state index in [1.54, 1.807) is 0 Å². The molecule has 0 aliphatic rings. The summed E-state index contributed by atoms with van der Waals surface area (Å²) >= 11 is 0. The van der Waals surface area contributed by atoms with Crippen molar-refractivity contribution in [2.75, 3.05) is 11.9 Å². The first-order valence-corrected chi connectivity index (χ1v) is 6.50. The van der Waals surface area contributed by atoms with Crippen LogP contribution in [0.5, 0.6) is 0 Å². The van der Waals surface area contributed by atoms with Crippen LogP contribution in [-0.2, 0) is 6.54 Å². The number of aromatic nitrogens is 2. The highest BCUT2D eigenvalue weighted by molar-refractivity contribution is 5.79. The van der Waals surface area contributed by atoms with Crippen molar-refractivity contribution in [3.8, 4) is 0 Å². The molecule has 0 saturated carbocycles. The van der Waals surface area contributed by atoms with Crippen molar-refractivity contribution < 1.29 is 5.11 Å². The number of aliphatic hydroxyl groups excluding tert-OH is 1. The molecule has 98 valence electrons. The third-order valence-electron chi connectivity index (χ3n) is 3.22. The van der Waals surface area contributed by atoms with Gasteiger partial charge in [-0.2, -0.15) is 0 Å². The van der Waals surface area contributed by atoms with Crippen LogP contribution in [0.1, 0.15) is 25.8 Å². The Labute approximate surface area is 108 Å². The summed E-state index contributed by atoms with van der Waals surface area (Å²) in [6.45, 7) is 7.02. The van der Waals surface area contributed by atoms with Crippen LogP contribution in [0.25, 0.3) is 11.0 Å². The van der Waals surface area contributed by atoms with Crippen molar-refractivity contribution >= 4 is 17.0 Å². The molecule has 0 spiro atoms. The van der Waals surface area contributed by atoms with Crippen molar-refractivity contribution in [2.24, 2.45) is 0 Å². The number of hydrogen-bond donors (Lipinski definition) is 2. The highest BCUT2D eigenvalue weighted by atomic mass is 16.3. The lowest BCUT2D eigenvalue weighted by Crippen LogP contribution is -2.18. The molecule has 18 heavy (non-hydrogen) atoms. The zero-order valence-electron chi connectivity index (χ0n) is 11.3. The summed E-state index contributed by atoms with van der Waals surface area (Å²) < 4.78 is 2.04. The highest BCUT2D eigenvalue weighted by Crippen LogP contribution is 2.21. The van der Waals surface area contributed by atoms with Gasteiger partial charge in [-0.3, -0.25) is 0 Å². The molecule has 1 unspecified atom stereocenters. The predicted octanol–water partition coefficient (Wildman–Crippen LogP) is 2.55. The molecule has 1 atom stereocenters. The van der Waals surface area contributed by atoms with E-state index in [0.29, 0.717) is 12.6 Å². The molecule has 0 fully saturated rings. The first kappa shape index (κ1) is 12.9. The topological polar surface area (TPSA) is 50.1 Å². The number of hydrogen-bond acceptors (Lipinski definition) is 3. The molecule has 0 saturated heterocycles. The number of aliphatic hydroxyl groups is 1. The third-order valence-corrected chi connectivity index (χ3v) is 3.22. The lowest BCUT2D eigenvalue weighted by molar-refractivity contribution is 0.278. The maximum Gasteiger partial charge on any atom is 0.204 e. The molecule has 0 aliphatic carbocycles. The van der Waals surface area contributed by atoms with E-state index in [9.17, 15) is 5.11 Å². The van der Waals surface area contributed by atoms with Crippen LogP contribution in [0, 0.1) is 6.92 Å². The van der Waals surface area contributed by atoms with Crippen LogP contribution in [0.3, 0.4) is 0 Å². The molecular formula is C14H21N3O. The molecule has 1 heterocycles. The van der Waals surface area contributed by atoms with E-state index in [1.165, 1.54) is 5.56 Å². The van der Waals surface area contributed by atoms with Crippen molar-refractivity contribution in [3.63, 3.8) is 0 Å². The van der Waals surface area contributed by atoms with Gasteiger partial charge in [0, 0.05) is 12.6 Å². The Balaban J connectivity index is 2.46. The van der Waals surface area contributed by atoms with Gasteiger partial charge in [0.25, 0.3) is 0 Å². The van der Waals surface area contributed by atoms with E-state index in [1.807, 2.05) is 4.57 Å². The number of aryl methyl sites for hydroxylation is 1. The van der Waals surface area contributed by atoms with Crippen LogP contribution in [-0.4, -0.2) is 27.3 Å². The van der Waals surface area contributed by atoms with Gasteiger partial charge < -0.3 is 15.0 Å². The Morgan fingerprint density at radius 3 is 2.89 bits per heavy atom. The molecule has 1 aromatic carbocycles. The lowest BCUT2D eigenvalue weighted by Gasteiger charge is -2.14. The second-order valence-corrected chi connectivity index (χ2v) is 4.76. The molecule has 2 rings (SSSR count). The minimum Gasteiger partial charge on any atom is -0.395 e. The Bertz CT molecular complexity index is 533. The van der Waals surface area contributed by atoms with Crippen LogP contribution in [0.15, 0.2) is 18.2 Å². The Morgan fingerprint density at radius 2 is 2.22 bits per heavy atom. The summed E-state index contributed by atoms with van der Waals surface area (Å²) in [5.41, 5.74) is 3.25. The van der Waals surface area contributed by atoms with Crippen LogP contribution in [0.2, 0.25) is 0 Å². The summed E-state index contributed by atoms with van der Waals surface area (Å²) in [5, 5.41) is 12.6. The van der Waals surface area contributed by atoms with E-state index in [2.05, 4.69) is 49.3 Å². The lowest BCUT2D eigenvalue weighted by atomic mass is 10.2. The first-order chi connectivity index (χ1) is 8.65. The smallest absolute Gasteiger partial charge is 0.204 e. The second-order valence-electron chi connectivity index (χ2n) is 4.76. The monoisotopic (exact) mass is 247 g/mol. The summed E-state index contributed by atoms with van der Waals surface area (Å²) in [5.74, 6) is 0.846. The van der Waals surface area contributed by atoms with E-state index >= 15 is 0 Å². The van der Waals surface area contributed by atoms with Crippen molar-refractivity contribution in [2.45, 2.75) is 39.8 Å². The zero-order valence-corrected chi connectivity index (χ0v) is 11.3. The normalized spacial score (nSPS) is 12.9. The Morgan fingerprint density at radius 1 is 1.44 bits per heavy atom. The quantitative estimate of drug-likeness (QED) is 0.853. The third kappa shape index (κ3) is 2.48. The Hall–Kier alpha value is -1.55. The molecule has 2 aromatic rings. The van der Waals surface area contributed by atoms with Gasteiger partial charge in [-0.1, -0.05) is 13.0 Å². The van der Waals surface area contributed by atoms with Crippen molar-refractivity contribution in [3.05, 3.63) is 23.8 Å². The van der Waals surface area contributed by atoms with Gasteiger partial charge in [0.05, 0.1) is 17.6 Å². The van der Waals surface area contributed by atoms with Gasteiger partial charge in [0.2, 0.25) is 5.95 Å².